The molecule has 88 valence electrons. The first-order valence-electron chi connectivity index (χ1n) is 6.26. The summed E-state index contributed by atoms with van der Waals surface area (Å²) in [6.07, 6.45) is 5.31. The normalized spacial score (nSPS) is 18.6. The van der Waals surface area contributed by atoms with Crippen molar-refractivity contribution in [3.05, 3.63) is 23.0 Å². The van der Waals surface area contributed by atoms with Crippen LogP contribution < -0.4 is 10.6 Å². The van der Waals surface area contributed by atoms with Crippen LogP contribution in [-0.2, 0) is 19.4 Å². The van der Waals surface area contributed by atoms with Crippen LogP contribution in [0.3, 0.4) is 0 Å². The summed E-state index contributed by atoms with van der Waals surface area (Å²) in [4.78, 5) is 4.59. The highest BCUT2D eigenvalue weighted by Crippen LogP contribution is 2.26. The number of nitrogens with zero attached hydrogens (tertiary/aromatic N) is 3. The van der Waals surface area contributed by atoms with Crippen LogP contribution in [0.1, 0.15) is 23.2 Å². The summed E-state index contributed by atoms with van der Waals surface area (Å²) in [5, 5.41) is 11.4. The average molecular weight is 229 g/mol. The molecule has 0 saturated heterocycles. The van der Waals surface area contributed by atoms with Gasteiger partial charge in [-0.3, -0.25) is 0 Å². The summed E-state index contributed by atoms with van der Waals surface area (Å²) < 4.78 is 2.05. The molecule has 0 spiro atoms. The predicted octanol–water partition coefficient (Wildman–Crippen LogP) is 0.733. The lowest BCUT2D eigenvalue weighted by Crippen LogP contribution is -2.26. The summed E-state index contributed by atoms with van der Waals surface area (Å²) in [5.41, 5.74) is 4.94. The van der Waals surface area contributed by atoms with Crippen molar-refractivity contribution in [3.8, 4) is 0 Å². The van der Waals surface area contributed by atoms with E-state index < -0.39 is 0 Å². The van der Waals surface area contributed by atoms with Crippen molar-refractivity contribution in [3.63, 3.8) is 0 Å². The topological polar surface area (TPSA) is 54.2 Å². The lowest BCUT2D eigenvalue weighted by molar-refractivity contribution is 0.610. The Morgan fingerprint density at radius 1 is 1.24 bits per heavy atom. The smallest absolute Gasteiger partial charge is 0.160 e. The van der Waals surface area contributed by atoms with Crippen LogP contribution in [0.15, 0.2) is 6.20 Å². The van der Waals surface area contributed by atoms with E-state index in [2.05, 4.69) is 25.2 Å². The van der Waals surface area contributed by atoms with Gasteiger partial charge in [-0.25, -0.2) is 9.50 Å². The highest BCUT2D eigenvalue weighted by molar-refractivity contribution is 5.63. The SMILES string of the molecule is c1nc2c3c(nn2c2c1CNCC2)NCCC3. The first-order valence-corrected chi connectivity index (χ1v) is 6.26. The average Bonchev–Trinajstić information content (AvgIpc) is 2.78. The summed E-state index contributed by atoms with van der Waals surface area (Å²) in [6, 6.07) is 0. The van der Waals surface area contributed by atoms with Crippen molar-refractivity contribution in [2.45, 2.75) is 25.8 Å². The molecule has 2 aliphatic rings. The maximum absolute atomic E-state index is 4.68. The Balaban J connectivity index is 2.01. The summed E-state index contributed by atoms with van der Waals surface area (Å²) >= 11 is 0. The van der Waals surface area contributed by atoms with Crippen molar-refractivity contribution < 1.29 is 0 Å². The Morgan fingerprint density at radius 2 is 2.24 bits per heavy atom. The molecule has 0 saturated carbocycles. The third kappa shape index (κ3) is 1.29. The van der Waals surface area contributed by atoms with E-state index in [4.69, 9.17) is 0 Å². The minimum atomic E-state index is 0.913. The zero-order chi connectivity index (χ0) is 11.2. The van der Waals surface area contributed by atoms with E-state index in [9.17, 15) is 0 Å². The number of rotatable bonds is 0. The third-order valence-corrected chi connectivity index (χ3v) is 3.68. The Bertz CT molecular complexity index is 586. The molecule has 2 aromatic rings. The van der Waals surface area contributed by atoms with Crippen molar-refractivity contribution in [1.29, 1.82) is 0 Å². The molecule has 0 aromatic carbocycles. The van der Waals surface area contributed by atoms with Gasteiger partial charge in [0.2, 0.25) is 0 Å². The molecule has 4 rings (SSSR count). The standard InChI is InChI=1S/C12H15N5/c1-2-9-11(14-4-1)16-17-10-3-5-13-6-8(10)7-15-12(9)17/h7,13H,1-6H2,(H,14,16). The fraction of sp³-hybridized carbons (Fsp3) is 0.500. The van der Waals surface area contributed by atoms with Crippen LogP contribution in [0.2, 0.25) is 0 Å². The zero-order valence-electron chi connectivity index (χ0n) is 9.66. The molecule has 17 heavy (non-hydrogen) atoms. The molecule has 5 heteroatoms. The number of fused-ring (bicyclic) bond motifs is 5. The highest BCUT2D eigenvalue weighted by atomic mass is 15.3. The molecule has 2 aromatic heterocycles. The predicted molar refractivity (Wildman–Crippen MR) is 65.2 cm³/mol. The minimum absolute atomic E-state index is 0.913. The first kappa shape index (κ1) is 9.41. The maximum Gasteiger partial charge on any atom is 0.160 e. The molecular weight excluding hydrogens is 214 g/mol. The van der Waals surface area contributed by atoms with Crippen molar-refractivity contribution >= 4 is 11.5 Å². The van der Waals surface area contributed by atoms with Gasteiger partial charge >= 0.3 is 0 Å². The van der Waals surface area contributed by atoms with Gasteiger partial charge in [0, 0.05) is 43.4 Å². The highest BCUT2D eigenvalue weighted by Gasteiger charge is 2.21. The number of aromatic nitrogens is 3. The van der Waals surface area contributed by atoms with Gasteiger partial charge in [-0.05, 0) is 12.8 Å². The molecule has 4 heterocycles. The van der Waals surface area contributed by atoms with Gasteiger partial charge in [-0.15, -0.1) is 5.10 Å². The lowest BCUT2D eigenvalue weighted by Gasteiger charge is -2.17. The quantitative estimate of drug-likeness (QED) is 0.699. The fourth-order valence-corrected chi connectivity index (χ4v) is 2.80. The number of nitrogens with one attached hydrogen (secondary N) is 2. The van der Waals surface area contributed by atoms with E-state index in [1.54, 1.807) is 0 Å². The molecule has 0 atom stereocenters. The molecule has 0 aliphatic carbocycles. The molecule has 2 N–H and O–H groups in total. The molecule has 0 fully saturated rings. The monoisotopic (exact) mass is 229 g/mol. The van der Waals surface area contributed by atoms with E-state index in [-0.39, 0.29) is 0 Å². The van der Waals surface area contributed by atoms with E-state index in [0.29, 0.717) is 0 Å². The Hall–Kier alpha value is -1.62. The second-order valence-corrected chi connectivity index (χ2v) is 4.75. The molecular formula is C12H15N5. The van der Waals surface area contributed by atoms with Gasteiger partial charge in [-0.1, -0.05) is 0 Å². The van der Waals surface area contributed by atoms with Gasteiger partial charge in [0.25, 0.3) is 0 Å². The van der Waals surface area contributed by atoms with Crippen LogP contribution >= 0.6 is 0 Å². The summed E-state index contributed by atoms with van der Waals surface area (Å²) in [6.45, 7) is 2.97. The Labute approximate surface area is 99.2 Å². The van der Waals surface area contributed by atoms with E-state index >= 15 is 0 Å². The van der Waals surface area contributed by atoms with E-state index in [1.165, 1.54) is 23.2 Å². The first-order chi connectivity index (χ1) is 8.43. The summed E-state index contributed by atoms with van der Waals surface area (Å²) in [5.74, 6) is 1.04. The number of hydrogen-bond donors (Lipinski definition) is 2. The Kier molecular flexibility index (Phi) is 1.90. The molecule has 5 nitrogen and oxygen atoms in total. The van der Waals surface area contributed by atoms with Gasteiger partial charge in [0.05, 0.1) is 5.69 Å². The van der Waals surface area contributed by atoms with Crippen LogP contribution in [-0.4, -0.2) is 27.7 Å². The Morgan fingerprint density at radius 3 is 3.24 bits per heavy atom. The largest absolute Gasteiger partial charge is 0.368 e. The van der Waals surface area contributed by atoms with Gasteiger partial charge in [0.15, 0.2) is 11.5 Å². The van der Waals surface area contributed by atoms with Gasteiger partial charge in [-0.2, -0.15) is 0 Å². The number of hydrogen-bond acceptors (Lipinski definition) is 4. The second kappa shape index (κ2) is 3.43. The summed E-state index contributed by atoms with van der Waals surface area (Å²) in [7, 11) is 0. The van der Waals surface area contributed by atoms with E-state index in [0.717, 1.165) is 43.9 Å². The zero-order valence-corrected chi connectivity index (χ0v) is 9.66. The number of aryl methyl sites for hydroxylation is 1. The second-order valence-electron chi connectivity index (χ2n) is 4.75. The van der Waals surface area contributed by atoms with E-state index in [1.807, 2.05) is 6.20 Å². The molecule has 0 amide bonds. The molecule has 0 radical (unpaired) electrons. The lowest BCUT2D eigenvalue weighted by atomic mass is 10.1. The minimum Gasteiger partial charge on any atom is -0.368 e. The van der Waals surface area contributed by atoms with Crippen molar-refractivity contribution in [1.82, 2.24) is 19.9 Å². The maximum atomic E-state index is 4.68. The van der Waals surface area contributed by atoms with Crippen molar-refractivity contribution in [2.24, 2.45) is 0 Å². The van der Waals surface area contributed by atoms with Crippen molar-refractivity contribution in [2.75, 3.05) is 18.4 Å². The fourth-order valence-electron chi connectivity index (χ4n) is 2.80. The van der Waals surface area contributed by atoms with Crippen LogP contribution in [0, 0.1) is 0 Å². The van der Waals surface area contributed by atoms with Gasteiger partial charge in [0.1, 0.15) is 0 Å². The number of anilines is 1. The van der Waals surface area contributed by atoms with Crippen LogP contribution in [0.4, 0.5) is 5.82 Å². The molecule has 0 unspecified atom stereocenters. The van der Waals surface area contributed by atoms with Gasteiger partial charge < -0.3 is 10.6 Å². The molecule has 0 bridgehead atoms. The molecule has 2 aliphatic heterocycles. The van der Waals surface area contributed by atoms with Crippen LogP contribution in [0.25, 0.3) is 5.65 Å². The third-order valence-electron chi connectivity index (χ3n) is 3.68. The van der Waals surface area contributed by atoms with Crippen LogP contribution in [0.5, 0.6) is 0 Å².